The minimum Gasteiger partial charge on any atom is -0.356 e. The highest BCUT2D eigenvalue weighted by atomic mass is 16.1. The van der Waals surface area contributed by atoms with Crippen LogP contribution in [0.3, 0.4) is 0 Å². The number of piperazine rings is 1. The number of nitrogens with one attached hydrogen (secondary N) is 1. The third-order valence-corrected chi connectivity index (χ3v) is 5.21. The zero-order valence-corrected chi connectivity index (χ0v) is 13.8. The summed E-state index contributed by atoms with van der Waals surface area (Å²) in [5.74, 6) is 1.09. The van der Waals surface area contributed by atoms with Gasteiger partial charge in [0.2, 0.25) is 5.91 Å². The molecule has 23 heavy (non-hydrogen) atoms. The van der Waals surface area contributed by atoms with E-state index in [1.807, 2.05) is 12.1 Å². The molecule has 6 nitrogen and oxygen atoms in total. The minimum absolute atomic E-state index is 0.0122. The van der Waals surface area contributed by atoms with Gasteiger partial charge in [-0.05, 0) is 38.9 Å². The second-order valence-electron chi connectivity index (χ2n) is 6.63. The number of carbonyl (C=O) groups excluding carboxylic acids is 2. The first-order valence-corrected chi connectivity index (χ1v) is 8.20. The van der Waals surface area contributed by atoms with Gasteiger partial charge in [-0.3, -0.25) is 14.5 Å². The first-order valence-electron chi connectivity index (χ1n) is 8.20. The number of nitrogens with zero attached hydrogens (tertiary/aromatic N) is 3. The van der Waals surface area contributed by atoms with Crippen molar-refractivity contribution in [1.29, 1.82) is 0 Å². The third-order valence-electron chi connectivity index (χ3n) is 5.21. The number of hydrogen-bond donors (Lipinski definition) is 1. The summed E-state index contributed by atoms with van der Waals surface area (Å²) in [6.45, 7) is 5.01. The molecule has 2 aliphatic rings. The van der Waals surface area contributed by atoms with Crippen LogP contribution in [-0.4, -0.2) is 60.3 Å². The summed E-state index contributed by atoms with van der Waals surface area (Å²) in [6, 6.07) is 3.77. The Bertz CT molecular complexity index is 601. The number of ketones is 1. The Kier molecular flexibility index (Phi) is 4.35. The van der Waals surface area contributed by atoms with Crippen LogP contribution in [0.25, 0.3) is 0 Å². The van der Waals surface area contributed by atoms with Gasteiger partial charge >= 0.3 is 0 Å². The van der Waals surface area contributed by atoms with Crippen LogP contribution in [0.4, 0.5) is 5.82 Å². The van der Waals surface area contributed by atoms with E-state index in [9.17, 15) is 9.59 Å². The second kappa shape index (κ2) is 6.28. The van der Waals surface area contributed by atoms with Gasteiger partial charge in [0.25, 0.3) is 0 Å². The summed E-state index contributed by atoms with van der Waals surface area (Å²) in [4.78, 5) is 32.2. The van der Waals surface area contributed by atoms with Gasteiger partial charge < -0.3 is 10.2 Å². The minimum atomic E-state index is 0.0122. The molecule has 2 aliphatic heterocycles. The SMILES string of the molecule is CC(=O)c1ccc(N2CCN(C)C3(CCNC(=O)CC3)C2)nc1. The number of Topliss-reactive ketones (excluding diaryl/α,β-unsaturated/α-hetero) is 1. The predicted molar refractivity (Wildman–Crippen MR) is 88.7 cm³/mol. The Balaban J connectivity index is 1.79. The molecule has 1 aromatic rings. The summed E-state index contributed by atoms with van der Waals surface area (Å²) < 4.78 is 0. The molecule has 3 heterocycles. The average Bonchev–Trinajstić information content (AvgIpc) is 2.73. The number of amides is 1. The second-order valence-corrected chi connectivity index (χ2v) is 6.63. The molecule has 6 heteroatoms. The van der Waals surface area contributed by atoms with E-state index in [0.717, 1.165) is 44.8 Å². The van der Waals surface area contributed by atoms with Crippen molar-refractivity contribution >= 4 is 17.5 Å². The molecule has 1 amide bonds. The molecule has 0 aliphatic carbocycles. The van der Waals surface area contributed by atoms with E-state index in [2.05, 4.69) is 27.1 Å². The van der Waals surface area contributed by atoms with Crippen molar-refractivity contribution in [3.63, 3.8) is 0 Å². The van der Waals surface area contributed by atoms with Gasteiger partial charge in [-0.15, -0.1) is 0 Å². The Hall–Kier alpha value is -1.95. The van der Waals surface area contributed by atoms with Crippen molar-refractivity contribution < 1.29 is 9.59 Å². The van der Waals surface area contributed by atoms with Crippen LogP contribution in [0, 0.1) is 0 Å². The van der Waals surface area contributed by atoms with Gasteiger partial charge in [-0.1, -0.05) is 0 Å². The lowest BCUT2D eigenvalue weighted by atomic mass is 9.86. The molecule has 1 aromatic heterocycles. The molecule has 0 aromatic carbocycles. The molecule has 2 saturated heterocycles. The van der Waals surface area contributed by atoms with Gasteiger partial charge in [0.05, 0.1) is 0 Å². The highest BCUT2D eigenvalue weighted by molar-refractivity contribution is 5.93. The molecule has 0 radical (unpaired) electrons. The van der Waals surface area contributed by atoms with E-state index in [0.29, 0.717) is 12.0 Å². The monoisotopic (exact) mass is 316 g/mol. The number of pyridine rings is 1. The lowest BCUT2D eigenvalue weighted by Crippen LogP contribution is -2.61. The van der Waals surface area contributed by atoms with Crippen LogP contribution in [0.5, 0.6) is 0 Å². The van der Waals surface area contributed by atoms with Crippen LogP contribution >= 0.6 is 0 Å². The molecule has 2 fully saturated rings. The van der Waals surface area contributed by atoms with Crippen molar-refractivity contribution in [3.8, 4) is 0 Å². The standard InChI is InChI=1S/C17H24N4O2/c1-13(22)14-3-4-15(19-11-14)21-10-9-20(2)17(12-21)6-5-16(23)18-8-7-17/h3-4,11H,5-10,12H2,1-2H3,(H,18,23). The van der Waals surface area contributed by atoms with Gasteiger partial charge in [-0.25, -0.2) is 4.98 Å². The Morgan fingerprint density at radius 3 is 2.83 bits per heavy atom. The van der Waals surface area contributed by atoms with E-state index in [1.165, 1.54) is 0 Å². The molecule has 124 valence electrons. The van der Waals surface area contributed by atoms with Crippen LogP contribution in [0.15, 0.2) is 18.3 Å². The fourth-order valence-electron chi connectivity index (χ4n) is 3.57. The first-order chi connectivity index (χ1) is 11.0. The highest BCUT2D eigenvalue weighted by Gasteiger charge is 2.41. The van der Waals surface area contributed by atoms with Gasteiger partial charge in [-0.2, -0.15) is 0 Å². The maximum atomic E-state index is 11.7. The zero-order valence-electron chi connectivity index (χ0n) is 13.8. The average molecular weight is 316 g/mol. The predicted octanol–water partition coefficient (Wildman–Crippen LogP) is 1.07. The van der Waals surface area contributed by atoms with Crippen molar-refractivity contribution in [3.05, 3.63) is 23.9 Å². The Morgan fingerprint density at radius 2 is 2.13 bits per heavy atom. The zero-order chi connectivity index (χ0) is 16.4. The molecule has 3 rings (SSSR count). The molecule has 1 atom stereocenters. The van der Waals surface area contributed by atoms with E-state index < -0.39 is 0 Å². The van der Waals surface area contributed by atoms with E-state index >= 15 is 0 Å². The topological polar surface area (TPSA) is 65.5 Å². The third kappa shape index (κ3) is 3.22. The van der Waals surface area contributed by atoms with Gasteiger partial charge in [0.15, 0.2) is 5.78 Å². The normalized spacial score (nSPS) is 26.0. The number of carbonyl (C=O) groups is 2. The van der Waals surface area contributed by atoms with Crippen LogP contribution in [0.1, 0.15) is 36.5 Å². The summed E-state index contributed by atoms with van der Waals surface area (Å²) in [6.07, 6.45) is 4.06. The van der Waals surface area contributed by atoms with Crippen molar-refractivity contribution in [1.82, 2.24) is 15.2 Å². The summed E-state index contributed by atoms with van der Waals surface area (Å²) in [7, 11) is 2.15. The highest BCUT2D eigenvalue weighted by Crippen LogP contribution is 2.32. The number of likely N-dealkylation sites (N-methyl/N-ethyl adjacent to an activating group) is 1. The fraction of sp³-hybridized carbons (Fsp3) is 0.588. The fourth-order valence-corrected chi connectivity index (χ4v) is 3.57. The molecular weight excluding hydrogens is 292 g/mol. The van der Waals surface area contributed by atoms with E-state index in [4.69, 9.17) is 0 Å². The molecule has 1 spiro atoms. The smallest absolute Gasteiger partial charge is 0.220 e. The molecular formula is C17H24N4O2. The maximum Gasteiger partial charge on any atom is 0.220 e. The molecule has 0 bridgehead atoms. The molecule has 1 N–H and O–H groups in total. The molecule has 1 unspecified atom stereocenters. The van der Waals surface area contributed by atoms with Crippen molar-refractivity contribution in [2.75, 3.05) is 38.1 Å². The lowest BCUT2D eigenvalue weighted by Gasteiger charge is -2.49. The van der Waals surface area contributed by atoms with E-state index in [-0.39, 0.29) is 17.2 Å². The van der Waals surface area contributed by atoms with Gasteiger partial charge in [0, 0.05) is 49.9 Å². The molecule has 0 saturated carbocycles. The van der Waals surface area contributed by atoms with E-state index in [1.54, 1.807) is 13.1 Å². The summed E-state index contributed by atoms with van der Waals surface area (Å²) in [5, 5.41) is 2.97. The van der Waals surface area contributed by atoms with Crippen LogP contribution in [-0.2, 0) is 4.79 Å². The van der Waals surface area contributed by atoms with Crippen molar-refractivity contribution in [2.45, 2.75) is 31.7 Å². The van der Waals surface area contributed by atoms with Crippen LogP contribution in [0.2, 0.25) is 0 Å². The van der Waals surface area contributed by atoms with Gasteiger partial charge in [0.1, 0.15) is 5.82 Å². The number of rotatable bonds is 2. The quantitative estimate of drug-likeness (QED) is 0.827. The Labute approximate surface area is 136 Å². The number of aromatic nitrogens is 1. The first kappa shape index (κ1) is 15.9. The largest absolute Gasteiger partial charge is 0.356 e. The van der Waals surface area contributed by atoms with Crippen molar-refractivity contribution in [2.24, 2.45) is 0 Å². The van der Waals surface area contributed by atoms with Crippen LogP contribution < -0.4 is 10.2 Å². The maximum absolute atomic E-state index is 11.7. The number of hydrogen-bond acceptors (Lipinski definition) is 5. The lowest BCUT2D eigenvalue weighted by molar-refractivity contribution is -0.120. The summed E-state index contributed by atoms with van der Waals surface area (Å²) >= 11 is 0. The Morgan fingerprint density at radius 1 is 1.30 bits per heavy atom. The summed E-state index contributed by atoms with van der Waals surface area (Å²) in [5.41, 5.74) is 0.653. The number of anilines is 1.